The number of carbonyl (C=O) groups is 2. The lowest BCUT2D eigenvalue weighted by Gasteiger charge is -2.54. The SMILES string of the molecule is Cc1noc(C(F)(F)F)c1C(=O)[N+]1(C2(C)CCNCC2)CCC(N2C(=O)N(CC3CCC(O)CC3)CC2c2ccccc2)CC1. The Hall–Kier alpha value is -2.96. The number of likely N-dealkylation sites (tertiary alicyclic amines) is 1. The van der Waals surface area contributed by atoms with Crippen LogP contribution in [0.15, 0.2) is 34.9 Å². The molecular formula is C33H45F3N5O4+. The number of piperidine rings is 2. The van der Waals surface area contributed by atoms with Crippen LogP contribution in [0.1, 0.15) is 91.7 Å². The number of nitrogens with zero attached hydrogens (tertiary/aromatic N) is 4. The molecule has 1 atom stereocenters. The van der Waals surface area contributed by atoms with Gasteiger partial charge in [0.05, 0.1) is 30.9 Å². The molecule has 246 valence electrons. The highest BCUT2D eigenvalue weighted by Gasteiger charge is 2.59. The molecule has 2 aromatic rings. The molecule has 1 aliphatic carbocycles. The summed E-state index contributed by atoms with van der Waals surface area (Å²) in [6, 6.07) is 9.66. The molecular weight excluding hydrogens is 587 g/mol. The molecule has 0 spiro atoms. The summed E-state index contributed by atoms with van der Waals surface area (Å²) in [6.07, 6.45) is 0.484. The smallest absolute Gasteiger partial charge is 0.393 e. The van der Waals surface area contributed by atoms with Crippen molar-refractivity contribution in [3.05, 3.63) is 52.9 Å². The lowest BCUT2D eigenvalue weighted by Crippen LogP contribution is -2.72. The summed E-state index contributed by atoms with van der Waals surface area (Å²) in [4.78, 5) is 32.6. The number of halogens is 3. The number of alkyl halides is 3. The number of hydrogen-bond donors (Lipinski definition) is 2. The largest absolute Gasteiger partial charge is 0.453 e. The number of amides is 3. The Morgan fingerprint density at radius 3 is 2.36 bits per heavy atom. The van der Waals surface area contributed by atoms with Gasteiger partial charge in [-0.15, -0.1) is 0 Å². The van der Waals surface area contributed by atoms with Crippen molar-refractivity contribution >= 4 is 11.9 Å². The minimum atomic E-state index is -4.84. The first kappa shape index (κ1) is 32.0. The monoisotopic (exact) mass is 632 g/mol. The Balaban J connectivity index is 1.29. The first-order valence-electron chi connectivity index (χ1n) is 16.4. The fourth-order valence-corrected chi connectivity index (χ4v) is 8.50. The van der Waals surface area contributed by atoms with E-state index in [4.69, 9.17) is 4.52 Å². The van der Waals surface area contributed by atoms with E-state index < -0.39 is 28.9 Å². The Morgan fingerprint density at radius 1 is 1.09 bits per heavy atom. The van der Waals surface area contributed by atoms with E-state index in [1.54, 1.807) is 0 Å². The summed E-state index contributed by atoms with van der Waals surface area (Å²) >= 11 is 0. The summed E-state index contributed by atoms with van der Waals surface area (Å²) in [5.74, 6) is -1.57. The van der Waals surface area contributed by atoms with Crippen molar-refractivity contribution < 1.29 is 36.9 Å². The van der Waals surface area contributed by atoms with Gasteiger partial charge in [0, 0.05) is 57.9 Å². The molecule has 6 rings (SSSR count). The van der Waals surface area contributed by atoms with Gasteiger partial charge < -0.3 is 24.7 Å². The first-order chi connectivity index (χ1) is 21.4. The number of carbonyl (C=O) groups excluding carboxylic acids is 2. The van der Waals surface area contributed by atoms with Gasteiger partial charge in [-0.2, -0.15) is 13.2 Å². The van der Waals surface area contributed by atoms with Crippen LogP contribution in [0.4, 0.5) is 18.0 Å². The number of rotatable bonds is 6. The number of urea groups is 1. The topological polar surface area (TPSA) is 98.9 Å². The summed E-state index contributed by atoms with van der Waals surface area (Å²) in [6.45, 7) is 6.64. The van der Waals surface area contributed by atoms with E-state index in [0.717, 1.165) is 31.2 Å². The Labute approximate surface area is 262 Å². The number of quaternary nitrogens is 1. The third-order valence-corrected chi connectivity index (χ3v) is 11.2. The molecule has 12 heteroatoms. The summed E-state index contributed by atoms with van der Waals surface area (Å²) in [5.41, 5.74) is -0.0427. The van der Waals surface area contributed by atoms with Crippen molar-refractivity contribution in [1.82, 2.24) is 20.3 Å². The average Bonchev–Trinajstić information content (AvgIpc) is 3.58. The molecule has 45 heavy (non-hydrogen) atoms. The lowest BCUT2D eigenvalue weighted by molar-refractivity contribution is -0.907. The summed E-state index contributed by atoms with van der Waals surface area (Å²) < 4.78 is 46.7. The van der Waals surface area contributed by atoms with Crippen LogP contribution in [0, 0.1) is 12.8 Å². The second-order valence-corrected chi connectivity index (χ2v) is 13.9. The number of aliphatic hydroxyl groups is 1. The Kier molecular flexibility index (Phi) is 8.77. The second-order valence-electron chi connectivity index (χ2n) is 13.9. The van der Waals surface area contributed by atoms with Gasteiger partial charge >= 0.3 is 18.1 Å². The molecule has 0 bridgehead atoms. The number of aliphatic hydroxyl groups excluding tert-OH is 1. The van der Waals surface area contributed by atoms with E-state index in [-0.39, 0.29) is 34.4 Å². The number of nitrogens with one attached hydrogen (secondary N) is 1. The number of aryl methyl sites for hydroxylation is 1. The molecule has 4 aliphatic rings. The highest BCUT2D eigenvalue weighted by Crippen LogP contribution is 2.44. The van der Waals surface area contributed by atoms with Crippen LogP contribution in [0.3, 0.4) is 0 Å². The first-order valence-corrected chi connectivity index (χ1v) is 16.4. The standard InChI is InChI=1S/C33H45F3N5O4/c1-22-28(29(45-38-22)33(34,35)36)30(43)41(32(2)14-16-37-17-15-32)18-12-25(13-19-41)40-27(24-6-4-3-5-7-24)21-39(31(40)44)20-23-8-10-26(42)11-9-23/h3-7,23,25-27,37,42H,8-21H2,1-2H3/q+1. The van der Waals surface area contributed by atoms with Crippen molar-refractivity contribution in [2.75, 3.05) is 39.3 Å². The third-order valence-electron chi connectivity index (χ3n) is 11.2. The van der Waals surface area contributed by atoms with E-state index in [9.17, 15) is 27.9 Å². The van der Waals surface area contributed by atoms with Gasteiger partial charge in [0.25, 0.3) is 5.76 Å². The summed E-state index contributed by atoms with van der Waals surface area (Å²) in [7, 11) is 0. The molecule has 3 amide bonds. The van der Waals surface area contributed by atoms with Crippen molar-refractivity contribution in [2.45, 2.75) is 95.1 Å². The molecule has 1 aromatic carbocycles. The maximum atomic E-state index is 14.5. The molecule has 9 nitrogen and oxygen atoms in total. The molecule has 1 unspecified atom stereocenters. The van der Waals surface area contributed by atoms with Gasteiger partial charge in [0.15, 0.2) is 5.56 Å². The predicted molar refractivity (Wildman–Crippen MR) is 160 cm³/mol. The van der Waals surface area contributed by atoms with Crippen LogP contribution in [-0.2, 0) is 6.18 Å². The van der Waals surface area contributed by atoms with Gasteiger partial charge in [-0.05, 0) is 51.0 Å². The zero-order chi connectivity index (χ0) is 32.0. The molecule has 1 aromatic heterocycles. The average molecular weight is 633 g/mol. The van der Waals surface area contributed by atoms with Gasteiger partial charge in [-0.25, -0.2) is 9.59 Å². The maximum Gasteiger partial charge on any atom is 0.453 e. The maximum absolute atomic E-state index is 14.5. The lowest BCUT2D eigenvalue weighted by atomic mass is 9.81. The zero-order valence-corrected chi connectivity index (χ0v) is 26.2. The van der Waals surface area contributed by atoms with Crippen LogP contribution < -0.4 is 5.32 Å². The number of aromatic nitrogens is 1. The third kappa shape index (κ3) is 5.89. The van der Waals surface area contributed by atoms with Crippen LogP contribution in [0.25, 0.3) is 0 Å². The molecule has 3 aliphatic heterocycles. The number of benzene rings is 1. The van der Waals surface area contributed by atoms with E-state index in [2.05, 4.69) is 10.5 Å². The molecule has 0 radical (unpaired) electrons. The van der Waals surface area contributed by atoms with Crippen molar-refractivity contribution in [1.29, 1.82) is 0 Å². The van der Waals surface area contributed by atoms with Crippen LogP contribution >= 0.6 is 0 Å². The second kappa shape index (κ2) is 12.3. The molecule has 3 saturated heterocycles. The predicted octanol–water partition coefficient (Wildman–Crippen LogP) is 5.29. The molecule has 4 fully saturated rings. The zero-order valence-electron chi connectivity index (χ0n) is 26.2. The highest BCUT2D eigenvalue weighted by atomic mass is 19.4. The van der Waals surface area contributed by atoms with Crippen LogP contribution in [0.2, 0.25) is 0 Å². The molecule has 4 heterocycles. The fourth-order valence-electron chi connectivity index (χ4n) is 8.50. The number of hydrogen-bond acceptors (Lipinski definition) is 6. The van der Waals surface area contributed by atoms with Crippen molar-refractivity contribution in [3.8, 4) is 0 Å². The highest BCUT2D eigenvalue weighted by molar-refractivity contribution is 5.91. The van der Waals surface area contributed by atoms with Crippen LogP contribution in [0.5, 0.6) is 0 Å². The van der Waals surface area contributed by atoms with E-state index >= 15 is 0 Å². The van der Waals surface area contributed by atoms with Crippen LogP contribution in [-0.4, -0.2) is 93.4 Å². The minimum Gasteiger partial charge on any atom is -0.393 e. The fraction of sp³-hybridized carbons (Fsp3) is 0.667. The van der Waals surface area contributed by atoms with E-state index in [0.29, 0.717) is 70.9 Å². The normalized spacial score (nSPS) is 30.9. The summed E-state index contributed by atoms with van der Waals surface area (Å²) in [5, 5.41) is 16.9. The van der Waals surface area contributed by atoms with E-state index in [1.807, 2.05) is 47.1 Å². The molecule has 2 N–H and O–H groups in total. The van der Waals surface area contributed by atoms with Crippen molar-refractivity contribution in [2.24, 2.45) is 5.92 Å². The van der Waals surface area contributed by atoms with Crippen molar-refractivity contribution in [3.63, 3.8) is 0 Å². The Morgan fingerprint density at radius 2 is 1.73 bits per heavy atom. The van der Waals surface area contributed by atoms with Gasteiger partial charge in [-0.1, -0.05) is 35.5 Å². The minimum absolute atomic E-state index is 0.0198. The van der Waals surface area contributed by atoms with Gasteiger partial charge in [0.2, 0.25) is 0 Å². The Bertz CT molecular complexity index is 1360. The van der Waals surface area contributed by atoms with Gasteiger partial charge in [-0.3, -0.25) is 4.48 Å². The van der Waals surface area contributed by atoms with Gasteiger partial charge in [0.1, 0.15) is 5.54 Å². The van der Waals surface area contributed by atoms with E-state index in [1.165, 1.54) is 6.92 Å². The quantitative estimate of drug-likeness (QED) is 0.420. The molecule has 1 saturated carbocycles.